The molecule has 2 aliphatic heterocycles. The number of nitrogens with zero attached hydrogens (tertiary/aromatic N) is 4. The Hall–Kier alpha value is -3.89. The molecule has 8 nitrogen and oxygen atoms in total. The van der Waals surface area contributed by atoms with Crippen molar-refractivity contribution >= 4 is 11.9 Å². The number of carbonyl (C=O) groups is 2. The normalized spacial score (nSPS) is 19.9. The van der Waals surface area contributed by atoms with Crippen molar-refractivity contribution in [3.63, 3.8) is 0 Å². The fraction of sp³-hybridized carbons (Fsp3) is 0.360. The summed E-state index contributed by atoms with van der Waals surface area (Å²) in [5.74, 6) is -1.96. The molecule has 1 fully saturated rings. The average molecular weight is 499 g/mol. The molecule has 0 saturated carbocycles. The molecule has 3 amide bonds. The highest BCUT2D eigenvalue weighted by Gasteiger charge is 2.42. The standard InChI is InChI=1S/C25H24F3N5O3/c1-2-29-24(35)32-11-10-20(19(14-32)15-6-4-3-5-7-15)33-13-17-9-8-16(12-18(17)22(33)34)21-30-23(36-31-21)25(26,27)28/h3-9,12,19-20H,2,10-11,13-14H2,1H3,(H,29,35). The summed E-state index contributed by atoms with van der Waals surface area (Å²) >= 11 is 0. The zero-order valence-electron chi connectivity index (χ0n) is 19.5. The number of benzene rings is 2. The van der Waals surface area contributed by atoms with Gasteiger partial charge in [-0.3, -0.25) is 4.79 Å². The fourth-order valence-electron chi connectivity index (χ4n) is 4.97. The van der Waals surface area contributed by atoms with Gasteiger partial charge in [0, 0.05) is 49.3 Å². The van der Waals surface area contributed by atoms with Gasteiger partial charge in [-0.05, 0) is 30.5 Å². The molecule has 0 aliphatic carbocycles. The second-order valence-electron chi connectivity index (χ2n) is 8.88. The van der Waals surface area contributed by atoms with Crippen molar-refractivity contribution in [1.29, 1.82) is 0 Å². The lowest BCUT2D eigenvalue weighted by Gasteiger charge is -2.42. The quantitative estimate of drug-likeness (QED) is 0.578. The first-order chi connectivity index (χ1) is 17.3. The second-order valence-corrected chi connectivity index (χ2v) is 8.88. The van der Waals surface area contributed by atoms with Crippen molar-refractivity contribution < 1.29 is 27.3 Å². The van der Waals surface area contributed by atoms with Crippen molar-refractivity contribution in [2.45, 2.75) is 38.0 Å². The average Bonchev–Trinajstić information content (AvgIpc) is 3.50. The maximum absolute atomic E-state index is 13.5. The molecule has 3 heterocycles. The van der Waals surface area contributed by atoms with E-state index in [1.807, 2.05) is 37.3 Å². The number of alkyl halides is 3. The number of likely N-dealkylation sites (tertiary alicyclic amines) is 1. The van der Waals surface area contributed by atoms with E-state index in [1.165, 1.54) is 6.07 Å². The van der Waals surface area contributed by atoms with Crippen LogP contribution in [0, 0.1) is 0 Å². The molecule has 2 unspecified atom stereocenters. The Balaban J connectivity index is 1.41. The van der Waals surface area contributed by atoms with Crippen molar-refractivity contribution in [3.8, 4) is 11.4 Å². The smallest absolute Gasteiger partial charge is 0.338 e. The van der Waals surface area contributed by atoms with Gasteiger partial charge in [0.05, 0.1) is 0 Å². The number of hydrogen-bond acceptors (Lipinski definition) is 5. The minimum absolute atomic E-state index is 0.0909. The van der Waals surface area contributed by atoms with Crippen molar-refractivity contribution in [1.82, 2.24) is 25.3 Å². The van der Waals surface area contributed by atoms with Gasteiger partial charge in [-0.1, -0.05) is 47.6 Å². The monoisotopic (exact) mass is 499 g/mol. The summed E-state index contributed by atoms with van der Waals surface area (Å²) in [5.41, 5.74) is 2.49. The summed E-state index contributed by atoms with van der Waals surface area (Å²) in [6.07, 6.45) is -4.15. The van der Waals surface area contributed by atoms with E-state index in [1.54, 1.807) is 21.9 Å². The highest BCUT2D eigenvalue weighted by atomic mass is 19.4. The molecule has 188 valence electrons. The SMILES string of the molecule is CCNC(=O)N1CCC(N2Cc3ccc(-c4noc(C(F)(F)F)n4)cc3C2=O)C(c2ccccc2)C1. The van der Waals surface area contributed by atoms with E-state index in [2.05, 4.69) is 20.0 Å². The maximum atomic E-state index is 13.5. The highest BCUT2D eigenvalue weighted by Crippen LogP contribution is 2.37. The molecule has 1 saturated heterocycles. The van der Waals surface area contributed by atoms with E-state index < -0.39 is 12.1 Å². The molecule has 0 radical (unpaired) electrons. The molecule has 0 spiro atoms. The van der Waals surface area contributed by atoms with Crippen molar-refractivity contribution in [2.75, 3.05) is 19.6 Å². The second kappa shape index (κ2) is 9.29. The molecular formula is C25H24F3N5O3. The summed E-state index contributed by atoms with van der Waals surface area (Å²) in [4.78, 5) is 33.1. The minimum atomic E-state index is -4.75. The Morgan fingerprint density at radius 3 is 2.67 bits per heavy atom. The number of halogens is 3. The predicted molar refractivity (Wildman–Crippen MR) is 123 cm³/mol. The predicted octanol–water partition coefficient (Wildman–Crippen LogP) is 4.30. The van der Waals surface area contributed by atoms with E-state index in [-0.39, 0.29) is 35.3 Å². The molecule has 2 aliphatic rings. The van der Waals surface area contributed by atoms with Crippen LogP contribution in [0.15, 0.2) is 53.1 Å². The Bertz CT molecular complexity index is 1280. The molecule has 1 aromatic heterocycles. The Morgan fingerprint density at radius 1 is 1.19 bits per heavy atom. The summed E-state index contributed by atoms with van der Waals surface area (Å²) in [6.45, 7) is 3.75. The third kappa shape index (κ3) is 4.40. The summed E-state index contributed by atoms with van der Waals surface area (Å²) < 4.78 is 42.9. The zero-order valence-corrected chi connectivity index (χ0v) is 19.5. The first-order valence-electron chi connectivity index (χ1n) is 11.7. The zero-order chi connectivity index (χ0) is 25.4. The largest absolute Gasteiger partial charge is 0.471 e. The molecule has 36 heavy (non-hydrogen) atoms. The van der Waals surface area contributed by atoms with Gasteiger partial charge in [-0.2, -0.15) is 18.2 Å². The van der Waals surface area contributed by atoms with E-state index in [0.29, 0.717) is 38.2 Å². The molecule has 5 rings (SSSR count). The van der Waals surface area contributed by atoms with Crippen LogP contribution >= 0.6 is 0 Å². The van der Waals surface area contributed by atoms with Crippen LogP contribution in [0.4, 0.5) is 18.0 Å². The lowest BCUT2D eigenvalue weighted by Crippen LogP contribution is -2.53. The van der Waals surface area contributed by atoms with Gasteiger partial charge in [0.25, 0.3) is 5.91 Å². The molecule has 2 aromatic carbocycles. The van der Waals surface area contributed by atoms with E-state index in [0.717, 1.165) is 11.1 Å². The number of piperidine rings is 1. The lowest BCUT2D eigenvalue weighted by molar-refractivity contribution is -0.159. The van der Waals surface area contributed by atoms with Crippen LogP contribution in [-0.2, 0) is 12.7 Å². The van der Waals surface area contributed by atoms with Gasteiger partial charge in [0.1, 0.15) is 0 Å². The fourth-order valence-corrected chi connectivity index (χ4v) is 4.97. The number of nitrogens with one attached hydrogen (secondary N) is 1. The molecule has 11 heteroatoms. The van der Waals surface area contributed by atoms with E-state index >= 15 is 0 Å². The van der Waals surface area contributed by atoms with Crippen LogP contribution in [0.1, 0.15) is 46.6 Å². The minimum Gasteiger partial charge on any atom is -0.338 e. The van der Waals surface area contributed by atoms with Gasteiger partial charge < -0.3 is 19.6 Å². The van der Waals surface area contributed by atoms with Crippen LogP contribution in [0.3, 0.4) is 0 Å². The first-order valence-corrected chi connectivity index (χ1v) is 11.7. The number of aromatic nitrogens is 2. The third-order valence-electron chi connectivity index (χ3n) is 6.69. The Kier molecular flexibility index (Phi) is 6.15. The number of fused-ring (bicyclic) bond motifs is 1. The van der Waals surface area contributed by atoms with Crippen molar-refractivity contribution in [3.05, 3.63) is 71.1 Å². The van der Waals surface area contributed by atoms with E-state index in [4.69, 9.17) is 0 Å². The number of hydrogen-bond donors (Lipinski definition) is 1. The number of rotatable bonds is 4. The number of urea groups is 1. The topological polar surface area (TPSA) is 91.6 Å². The summed E-state index contributed by atoms with van der Waals surface area (Å²) in [6, 6.07) is 14.3. The van der Waals surface area contributed by atoms with Gasteiger partial charge in [-0.25, -0.2) is 4.79 Å². The summed E-state index contributed by atoms with van der Waals surface area (Å²) in [7, 11) is 0. The Morgan fingerprint density at radius 2 is 1.97 bits per heavy atom. The van der Waals surface area contributed by atoms with Gasteiger partial charge in [-0.15, -0.1) is 0 Å². The van der Waals surface area contributed by atoms with Gasteiger partial charge >= 0.3 is 18.1 Å². The number of amides is 3. The number of carbonyl (C=O) groups excluding carboxylic acids is 2. The van der Waals surface area contributed by atoms with Gasteiger partial charge in [0.15, 0.2) is 0 Å². The Labute approximate surface area is 205 Å². The molecule has 1 N–H and O–H groups in total. The first kappa shape index (κ1) is 23.8. The lowest BCUT2D eigenvalue weighted by atomic mass is 9.85. The summed E-state index contributed by atoms with van der Waals surface area (Å²) in [5, 5.41) is 6.27. The molecular weight excluding hydrogens is 475 g/mol. The van der Waals surface area contributed by atoms with Crippen LogP contribution in [-0.4, -0.2) is 57.6 Å². The van der Waals surface area contributed by atoms with Crippen LogP contribution in [0.25, 0.3) is 11.4 Å². The van der Waals surface area contributed by atoms with Crippen LogP contribution < -0.4 is 5.32 Å². The van der Waals surface area contributed by atoms with Crippen molar-refractivity contribution in [2.24, 2.45) is 0 Å². The van der Waals surface area contributed by atoms with E-state index in [9.17, 15) is 22.8 Å². The third-order valence-corrected chi connectivity index (χ3v) is 6.69. The molecule has 2 atom stereocenters. The van der Waals surface area contributed by atoms with Crippen LogP contribution in [0.2, 0.25) is 0 Å². The van der Waals surface area contributed by atoms with Crippen LogP contribution in [0.5, 0.6) is 0 Å². The molecule has 3 aromatic rings. The highest BCUT2D eigenvalue weighted by molar-refractivity contribution is 5.99. The van der Waals surface area contributed by atoms with Gasteiger partial charge in [0.2, 0.25) is 5.82 Å². The maximum Gasteiger partial charge on any atom is 0.471 e. The molecule has 0 bridgehead atoms.